The average molecular weight is 251 g/mol. The molecule has 0 radical (unpaired) electrons. The van der Waals surface area contributed by atoms with Gasteiger partial charge in [-0.15, -0.1) is 11.3 Å². The minimum Gasteiger partial charge on any atom is -0.395 e. The second kappa shape index (κ2) is 4.89. The Morgan fingerprint density at radius 3 is 2.88 bits per heavy atom. The van der Waals surface area contributed by atoms with Gasteiger partial charge >= 0.3 is 0 Å². The van der Waals surface area contributed by atoms with E-state index in [2.05, 4.69) is 24.1 Å². The molecule has 4 N–H and O–H groups in total. The summed E-state index contributed by atoms with van der Waals surface area (Å²) in [5.41, 5.74) is 10.2. The molecule has 1 heterocycles. The minimum absolute atomic E-state index is 0.00776. The molecule has 1 aromatic carbocycles. The summed E-state index contributed by atoms with van der Waals surface area (Å²) in [6.45, 7) is 4.21. The quantitative estimate of drug-likeness (QED) is 0.729. The first-order valence-electron chi connectivity index (χ1n) is 5.62. The summed E-state index contributed by atoms with van der Waals surface area (Å²) in [6, 6.07) is 3.95. The van der Waals surface area contributed by atoms with Gasteiger partial charge in [0.2, 0.25) is 0 Å². The van der Waals surface area contributed by atoms with E-state index in [0.29, 0.717) is 11.6 Å². The molecular weight excluding hydrogens is 234 g/mol. The van der Waals surface area contributed by atoms with Crippen LogP contribution in [0.2, 0.25) is 0 Å². The molecule has 0 bridgehead atoms. The highest BCUT2D eigenvalue weighted by Gasteiger charge is 2.14. The molecule has 0 aliphatic heterocycles. The number of aromatic nitrogens is 1. The lowest BCUT2D eigenvalue weighted by atomic mass is 10.0. The Bertz CT molecular complexity index is 509. The number of hydrogen-bond donors (Lipinski definition) is 3. The summed E-state index contributed by atoms with van der Waals surface area (Å²) in [4.78, 5) is 4.25. The van der Waals surface area contributed by atoms with Crippen LogP contribution in [0.15, 0.2) is 17.6 Å². The highest BCUT2D eigenvalue weighted by atomic mass is 32.1. The van der Waals surface area contributed by atoms with Crippen LogP contribution in [0.5, 0.6) is 0 Å². The van der Waals surface area contributed by atoms with Crippen molar-refractivity contribution in [2.24, 2.45) is 5.92 Å². The second-order valence-electron chi connectivity index (χ2n) is 4.40. The molecule has 5 heteroatoms. The zero-order valence-corrected chi connectivity index (χ0v) is 10.8. The second-order valence-corrected chi connectivity index (χ2v) is 5.29. The van der Waals surface area contributed by atoms with Crippen molar-refractivity contribution >= 4 is 32.9 Å². The van der Waals surface area contributed by atoms with Gasteiger partial charge in [0.15, 0.2) is 0 Å². The maximum atomic E-state index is 9.31. The first-order chi connectivity index (χ1) is 8.13. The summed E-state index contributed by atoms with van der Waals surface area (Å²) in [7, 11) is 0. The minimum atomic E-state index is 0.00776. The lowest BCUT2D eigenvalue weighted by Gasteiger charge is -2.22. The van der Waals surface area contributed by atoms with Gasteiger partial charge in [0, 0.05) is 0 Å². The number of hydrogen-bond acceptors (Lipinski definition) is 5. The molecule has 0 aliphatic carbocycles. The Hall–Kier alpha value is -1.33. The number of nitrogens with two attached hydrogens (primary N) is 1. The van der Waals surface area contributed by atoms with Crippen LogP contribution in [0.4, 0.5) is 11.4 Å². The van der Waals surface area contributed by atoms with Gasteiger partial charge in [0.25, 0.3) is 0 Å². The maximum Gasteiger partial charge on any atom is 0.106 e. The number of nitrogens with zero attached hydrogens (tertiary/aromatic N) is 1. The highest BCUT2D eigenvalue weighted by Crippen LogP contribution is 2.30. The van der Waals surface area contributed by atoms with Crippen LogP contribution >= 0.6 is 11.3 Å². The largest absolute Gasteiger partial charge is 0.395 e. The number of nitrogens with one attached hydrogen (secondary N) is 1. The van der Waals surface area contributed by atoms with Crippen LogP contribution in [0, 0.1) is 5.92 Å². The maximum absolute atomic E-state index is 9.31. The molecule has 0 unspecified atom stereocenters. The molecule has 0 spiro atoms. The lowest BCUT2D eigenvalue weighted by molar-refractivity contribution is 0.249. The lowest BCUT2D eigenvalue weighted by Crippen LogP contribution is -2.29. The molecule has 1 aromatic heterocycles. The van der Waals surface area contributed by atoms with E-state index >= 15 is 0 Å². The zero-order chi connectivity index (χ0) is 12.4. The van der Waals surface area contributed by atoms with E-state index in [1.807, 2.05) is 12.1 Å². The summed E-state index contributed by atoms with van der Waals surface area (Å²) < 4.78 is 1.08. The molecular formula is C12H17N3OS. The van der Waals surface area contributed by atoms with Crippen molar-refractivity contribution in [2.45, 2.75) is 19.9 Å². The third kappa shape index (κ3) is 2.35. The van der Waals surface area contributed by atoms with Gasteiger partial charge in [0.05, 0.1) is 34.2 Å². The SMILES string of the molecule is CC(C)[C@@H](CO)Nc1ccc2scnc2c1N. The van der Waals surface area contributed by atoms with E-state index in [1.165, 1.54) is 0 Å². The Labute approximate surface area is 104 Å². The molecule has 17 heavy (non-hydrogen) atoms. The van der Waals surface area contributed by atoms with E-state index < -0.39 is 0 Å². The van der Waals surface area contributed by atoms with Crippen molar-refractivity contribution in [1.29, 1.82) is 0 Å². The predicted molar refractivity (Wildman–Crippen MR) is 73.4 cm³/mol. The zero-order valence-electron chi connectivity index (χ0n) is 9.97. The van der Waals surface area contributed by atoms with E-state index in [4.69, 9.17) is 5.73 Å². The third-order valence-electron chi connectivity index (χ3n) is 2.88. The molecule has 0 saturated heterocycles. The Kier molecular flexibility index (Phi) is 3.49. The monoisotopic (exact) mass is 251 g/mol. The Morgan fingerprint density at radius 1 is 1.47 bits per heavy atom. The van der Waals surface area contributed by atoms with Gasteiger partial charge in [-0.25, -0.2) is 4.98 Å². The smallest absolute Gasteiger partial charge is 0.106 e. The van der Waals surface area contributed by atoms with Gasteiger partial charge in [-0.05, 0) is 18.1 Å². The van der Waals surface area contributed by atoms with Crippen LogP contribution < -0.4 is 11.1 Å². The predicted octanol–water partition coefficient (Wildman–Crippen LogP) is 2.31. The number of aliphatic hydroxyl groups excluding tert-OH is 1. The van der Waals surface area contributed by atoms with E-state index in [9.17, 15) is 5.11 Å². The molecule has 1 atom stereocenters. The van der Waals surface area contributed by atoms with Crippen molar-refractivity contribution in [1.82, 2.24) is 4.98 Å². The van der Waals surface area contributed by atoms with Crippen molar-refractivity contribution in [3.63, 3.8) is 0 Å². The van der Waals surface area contributed by atoms with Gasteiger partial charge in [-0.3, -0.25) is 0 Å². The highest BCUT2D eigenvalue weighted by molar-refractivity contribution is 7.16. The molecule has 0 fully saturated rings. The number of aliphatic hydroxyl groups is 1. The molecule has 92 valence electrons. The fraction of sp³-hybridized carbons (Fsp3) is 0.417. The number of thiazole rings is 1. The number of benzene rings is 1. The average Bonchev–Trinajstić information content (AvgIpc) is 2.76. The number of nitrogen functional groups attached to an aromatic ring is 1. The van der Waals surface area contributed by atoms with Crippen LogP contribution in [-0.4, -0.2) is 22.7 Å². The Balaban J connectivity index is 2.32. The topological polar surface area (TPSA) is 71.2 Å². The van der Waals surface area contributed by atoms with E-state index in [0.717, 1.165) is 15.9 Å². The molecule has 4 nitrogen and oxygen atoms in total. The van der Waals surface area contributed by atoms with Crippen LogP contribution in [0.1, 0.15) is 13.8 Å². The first kappa shape index (κ1) is 12.1. The van der Waals surface area contributed by atoms with Crippen molar-refractivity contribution in [2.75, 3.05) is 17.7 Å². The summed E-state index contributed by atoms with van der Waals surface area (Å²) >= 11 is 1.57. The normalized spacial score (nSPS) is 13.2. The van der Waals surface area contributed by atoms with Gasteiger partial charge in [0.1, 0.15) is 5.52 Å². The fourth-order valence-electron chi connectivity index (χ4n) is 1.70. The Morgan fingerprint density at radius 2 is 2.24 bits per heavy atom. The summed E-state index contributed by atoms with van der Waals surface area (Å²) in [5.74, 6) is 0.338. The van der Waals surface area contributed by atoms with Gasteiger partial charge in [-0.2, -0.15) is 0 Å². The van der Waals surface area contributed by atoms with Gasteiger partial charge < -0.3 is 16.2 Å². The van der Waals surface area contributed by atoms with Gasteiger partial charge in [-0.1, -0.05) is 13.8 Å². The summed E-state index contributed by atoms with van der Waals surface area (Å²) in [5, 5.41) is 12.6. The van der Waals surface area contributed by atoms with E-state index in [1.54, 1.807) is 16.8 Å². The van der Waals surface area contributed by atoms with Crippen molar-refractivity contribution in [3.8, 4) is 0 Å². The number of anilines is 2. The van der Waals surface area contributed by atoms with Crippen LogP contribution in [0.3, 0.4) is 0 Å². The van der Waals surface area contributed by atoms with E-state index in [-0.39, 0.29) is 12.6 Å². The fourth-order valence-corrected chi connectivity index (χ4v) is 2.39. The molecule has 0 amide bonds. The van der Waals surface area contributed by atoms with Crippen LogP contribution in [0.25, 0.3) is 10.2 Å². The molecule has 2 rings (SSSR count). The van der Waals surface area contributed by atoms with Crippen molar-refractivity contribution < 1.29 is 5.11 Å². The number of rotatable bonds is 4. The third-order valence-corrected chi connectivity index (χ3v) is 3.68. The summed E-state index contributed by atoms with van der Waals surface area (Å²) in [6.07, 6.45) is 0. The standard InChI is InChI=1S/C12H17N3OS/c1-7(2)9(5-16)15-8-3-4-10-12(11(8)13)14-6-17-10/h3-4,6-7,9,15-16H,5,13H2,1-2H3/t9-/m1/s1. The molecule has 0 aliphatic rings. The molecule has 0 saturated carbocycles. The molecule has 2 aromatic rings. The number of fused-ring (bicyclic) bond motifs is 1. The van der Waals surface area contributed by atoms with Crippen LogP contribution in [-0.2, 0) is 0 Å². The first-order valence-corrected chi connectivity index (χ1v) is 6.50. The van der Waals surface area contributed by atoms with Crippen molar-refractivity contribution in [3.05, 3.63) is 17.6 Å².